The van der Waals surface area contributed by atoms with Gasteiger partial charge in [-0.3, -0.25) is 0 Å². The second kappa shape index (κ2) is 6.95. The van der Waals surface area contributed by atoms with Crippen molar-refractivity contribution in [1.29, 1.82) is 0 Å². The summed E-state index contributed by atoms with van der Waals surface area (Å²) in [6, 6.07) is 8.52. The van der Waals surface area contributed by atoms with Gasteiger partial charge in [0.15, 0.2) is 0 Å². The number of hydrogen-bond donors (Lipinski definition) is 1. The summed E-state index contributed by atoms with van der Waals surface area (Å²) in [5, 5.41) is 3.43. The molecule has 110 valence electrons. The highest BCUT2D eigenvalue weighted by atomic mass is 16.5. The van der Waals surface area contributed by atoms with Gasteiger partial charge in [0.2, 0.25) is 0 Å². The molecule has 0 bridgehead atoms. The molecule has 1 atom stereocenters. The third kappa shape index (κ3) is 3.64. The highest BCUT2D eigenvalue weighted by molar-refractivity contribution is 5.49. The van der Waals surface area contributed by atoms with E-state index in [9.17, 15) is 0 Å². The molecular formula is C16H24N2O2. The van der Waals surface area contributed by atoms with Crippen LogP contribution in [0.5, 0.6) is 5.75 Å². The van der Waals surface area contributed by atoms with Gasteiger partial charge in [-0.1, -0.05) is 0 Å². The predicted octanol–water partition coefficient (Wildman–Crippen LogP) is 1.90. The quantitative estimate of drug-likeness (QED) is 0.911. The van der Waals surface area contributed by atoms with Crippen molar-refractivity contribution in [3.63, 3.8) is 0 Å². The normalized spacial score (nSPS) is 23.6. The number of hydrogen-bond acceptors (Lipinski definition) is 4. The summed E-state index contributed by atoms with van der Waals surface area (Å²) in [6.45, 7) is 6.91. The zero-order chi connectivity index (χ0) is 13.6. The molecule has 1 N–H and O–H groups in total. The maximum Gasteiger partial charge on any atom is 0.119 e. The standard InChI is InChI=1S/C16H24N2O2/c1-7-17-8-10-18(9-1)15-2-4-16(5-3-15)20-13-14-6-11-19-12-14/h2-5,14,17H,1,6-13H2. The Hall–Kier alpha value is -1.26. The monoisotopic (exact) mass is 276 g/mol. The Labute approximate surface area is 121 Å². The van der Waals surface area contributed by atoms with Crippen LogP contribution in [0.25, 0.3) is 0 Å². The van der Waals surface area contributed by atoms with Gasteiger partial charge in [0.25, 0.3) is 0 Å². The van der Waals surface area contributed by atoms with Crippen LogP contribution in [-0.4, -0.2) is 46.0 Å². The second-order valence-electron chi connectivity index (χ2n) is 5.63. The maximum atomic E-state index is 5.85. The van der Waals surface area contributed by atoms with Crippen LogP contribution in [0.15, 0.2) is 24.3 Å². The van der Waals surface area contributed by atoms with Crippen molar-refractivity contribution in [2.75, 3.05) is 50.9 Å². The Morgan fingerprint density at radius 1 is 1.20 bits per heavy atom. The van der Waals surface area contributed by atoms with Gasteiger partial charge >= 0.3 is 0 Å². The summed E-state index contributed by atoms with van der Waals surface area (Å²) in [5.41, 5.74) is 1.30. The minimum Gasteiger partial charge on any atom is -0.493 e. The Kier molecular flexibility index (Phi) is 4.77. The average molecular weight is 276 g/mol. The molecule has 2 aliphatic heterocycles. The van der Waals surface area contributed by atoms with E-state index in [0.717, 1.165) is 58.2 Å². The number of anilines is 1. The number of ether oxygens (including phenoxy) is 2. The van der Waals surface area contributed by atoms with Crippen molar-refractivity contribution in [3.05, 3.63) is 24.3 Å². The SMILES string of the molecule is c1cc(N2CCCNCC2)ccc1OCC1CCOC1. The van der Waals surface area contributed by atoms with Gasteiger partial charge in [0.1, 0.15) is 5.75 Å². The molecule has 20 heavy (non-hydrogen) atoms. The van der Waals surface area contributed by atoms with E-state index in [1.165, 1.54) is 12.1 Å². The lowest BCUT2D eigenvalue weighted by Gasteiger charge is -2.22. The molecule has 2 saturated heterocycles. The van der Waals surface area contributed by atoms with Crippen molar-refractivity contribution in [1.82, 2.24) is 5.32 Å². The van der Waals surface area contributed by atoms with Crippen LogP contribution >= 0.6 is 0 Å². The highest BCUT2D eigenvalue weighted by Crippen LogP contribution is 2.21. The molecule has 2 fully saturated rings. The van der Waals surface area contributed by atoms with E-state index in [2.05, 4.69) is 34.5 Å². The lowest BCUT2D eigenvalue weighted by atomic mass is 10.1. The van der Waals surface area contributed by atoms with E-state index < -0.39 is 0 Å². The zero-order valence-electron chi connectivity index (χ0n) is 12.0. The second-order valence-corrected chi connectivity index (χ2v) is 5.63. The molecule has 1 aromatic rings. The van der Waals surface area contributed by atoms with E-state index in [1.807, 2.05) is 0 Å². The first-order valence-corrected chi connectivity index (χ1v) is 7.68. The summed E-state index contributed by atoms with van der Waals surface area (Å²) in [7, 11) is 0. The molecule has 0 aromatic heterocycles. The fourth-order valence-electron chi connectivity index (χ4n) is 2.79. The summed E-state index contributed by atoms with van der Waals surface area (Å²) >= 11 is 0. The number of nitrogens with zero attached hydrogens (tertiary/aromatic N) is 1. The Morgan fingerprint density at radius 2 is 2.10 bits per heavy atom. The van der Waals surface area contributed by atoms with Gasteiger partial charge < -0.3 is 19.7 Å². The number of benzene rings is 1. The molecule has 1 unspecified atom stereocenters. The lowest BCUT2D eigenvalue weighted by Crippen LogP contribution is -2.27. The van der Waals surface area contributed by atoms with E-state index in [0.29, 0.717) is 5.92 Å². The van der Waals surface area contributed by atoms with E-state index in [-0.39, 0.29) is 0 Å². The molecule has 1 aromatic carbocycles. The summed E-state index contributed by atoms with van der Waals surface area (Å²) in [6.07, 6.45) is 2.33. The predicted molar refractivity (Wildman–Crippen MR) is 80.6 cm³/mol. The topological polar surface area (TPSA) is 33.7 Å². The first kappa shape index (κ1) is 13.7. The van der Waals surface area contributed by atoms with Gasteiger partial charge in [0.05, 0.1) is 13.2 Å². The van der Waals surface area contributed by atoms with E-state index >= 15 is 0 Å². The molecule has 4 nitrogen and oxygen atoms in total. The fourth-order valence-corrected chi connectivity index (χ4v) is 2.79. The van der Waals surface area contributed by atoms with Crippen molar-refractivity contribution < 1.29 is 9.47 Å². The molecule has 4 heteroatoms. The highest BCUT2D eigenvalue weighted by Gasteiger charge is 2.16. The first-order chi connectivity index (χ1) is 9.92. The van der Waals surface area contributed by atoms with Gasteiger partial charge in [0, 0.05) is 37.8 Å². The molecule has 0 amide bonds. The van der Waals surface area contributed by atoms with Crippen LogP contribution in [0.4, 0.5) is 5.69 Å². The molecule has 2 aliphatic rings. The molecule has 0 saturated carbocycles. The number of nitrogens with one attached hydrogen (secondary N) is 1. The van der Waals surface area contributed by atoms with E-state index in [4.69, 9.17) is 9.47 Å². The summed E-state index contributed by atoms with van der Waals surface area (Å²) in [4.78, 5) is 2.44. The van der Waals surface area contributed by atoms with Crippen molar-refractivity contribution in [3.8, 4) is 5.75 Å². The van der Waals surface area contributed by atoms with Crippen LogP contribution in [0, 0.1) is 5.92 Å². The maximum absolute atomic E-state index is 5.85. The molecule has 0 aliphatic carbocycles. The first-order valence-electron chi connectivity index (χ1n) is 7.68. The molecule has 3 rings (SSSR count). The molecular weight excluding hydrogens is 252 g/mol. The minimum atomic E-state index is 0.561. The number of rotatable bonds is 4. The average Bonchev–Trinajstić information content (AvgIpc) is 2.86. The third-order valence-corrected chi connectivity index (χ3v) is 4.05. The van der Waals surface area contributed by atoms with Crippen LogP contribution in [0.1, 0.15) is 12.8 Å². The van der Waals surface area contributed by atoms with Crippen LogP contribution in [0.2, 0.25) is 0 Å². The summed E-state index contributed by atoms with van der Waals surface area (Å²) in [5.74, 6) is 1.53. The molecule has 0 radical (unpaired) electrons. The van der Waals surface area contributed by atoms with Crippen LogP contribution < -0.4 is 15.0 Å². The largest absolute Gasteiger partial charge is 0.493 e. The van der Waals surface area contributed by atoms with E-state index in [1.54, 1.807) is 0 Å². The van der Waals surface area contributed by atoms with Gasteiger partial charge in [-0.05, 0) is 43.7 Å². The van der Waals surface area contributed by atoms with Crippen LogP contribution in [0.3, 0.4) is 0 Å². The smallest absolute Gasteiger partial charge is 0.119 e. The fraction of sp³-hybridized carbons (Fsp3) is 0.625. The summed E-state index contributed by atoms with van der Waals surface area (Å²) < 4.78 is 11.2. The zero-order valence-corrected chi connectivity index (χ0v) is 12.0. The van der Waals surface area contributed by atoms with Gasteiger partial charge in [-0.15, -0.1) is 0 Å². The molecule has 0 spiro atoms. The van der Waals surface area contributed by atoms with Crippen molar-refractivity contribution >= 4 is 5.69 Å². The third-order valence-electron chi connectivity index (χ3n) is 4.05. The Morgan fingerprint density at radius 3 is 2.90 bits per heavy atom. The Bertz CT molecular complexity index is 393. The van der Waals surface area contributed by atoms with Crippen molar-refractivity contribution in [2.45, 2.75) is 12.8 Å². The minimum absolute atomic E-state index is 0.561. The Balaban J connectivity index is 1.53. The molecule has 2 heterocycles. The van der Waals surface area contributed by atoms with Crippen LogP contribution in [-0.2, 0) is 4.74 Å². The lowest BCUT2D eigenvalue weighted by molar-refractivity contribution is 0.167. The van der Waals surface area contributed by atoms with Gasteiger partial charge in [-0.25, -0.2) is 0 Å². The van der Waals surface area contributed by atoms with Gasteiger partial charge in [-0.2, -0.15) is 0 Å². The van der Waals surface area contributed by atoms with Crippen molar-refractivity contribution in [2.24, 2.45) is 5.92 Å².